The van der Waals surface area contributed by atoms with Crippen LogP contribution in [0.2, 0.25) is 0 Å². The van der Waals surface area contributed by atoms with Crippen molar-refractivity contribution in [2.75, 3.05) is 39.2 Å². The van der Waals surface area contributed by atoms with Crippen LogP contribution in [0.1, 0.15) is 46.0 Å². The van der Waals surface area contributed by atoms with E-state index in [4.69, 9.17) is 14.2 Å². The standard InChI is InChI=1S/C20H33N3O4/c1-5-26-18-15-16(12-13-17(18)25-4)23-20(21-3)22-14-10-8-7-9-11-19(24)27-6-2/h12-13,15H,5-11,14H2,1-4H3,(H2,21,22,23). The van der Waals surface area contributed by atoms with Crippen LogP contribution in [0.25, 0.3) is 0 Å². The van der Waals surface area contributed by atoms with E-state index < -0.39 is 0 Å². The first-order valence-corrected chi connectivity index (χ1v) is 9.58. The fourth-order valence-electron chi connectivity index (χ4n) is 2.53. The number of methoxy groups -OCH3 is 1. The summed E-state index contributed by atoms with van der Waals surface area (Å²) in [5.74, 6) is 2.00. The topological polar surface area (TPSA) is 81.2 Å². The van der Waals surface area contributed by atoms with Crippen molar-refractivity contribution in [2.45, 2.75) is 46.0 Å². The van der Waals surface area contributed by atoms with Crippen LogP contribution in [0.3, 0.4) is 0 Å². The second-order valence-electron chi connectivity index (χ2n) is 5.89. The average molecular weight is 380 g/mol. The van der Waals surface area contributed by atoms with Crippen molar-refractivity contribution < 1.29 is 19.0 Å². The van der Waals surface area contributed by atoms with Crippen LogP contribution in [-0.2, 0) is 9.53 Å². The smallest absolute Gasteiger partial charge is 0.305 e. The lowest BCUT2D eigenvalue weighted by atomic mass is 10.1. The van der Waals surface area contributed by atoms with Crippen molar-refractivity contribution in [3.05, 3.63) is 18.2 Å². The minimum atomic E-state index is -0.105. The molecule has 0 aliphatic rings. The number of nitrogens with one attached hydrogen (secondary N) is 2. The van der Waals surface area contributed by atoms with E-state index in [0.717, 1.165) is 37.9 Å². The minimum absolute atomic E-state index is 0.105. The molecule has 0 radical (unpaired) electrons. The van der Waals surface area contributed by atoms with Gasteiger partial charge >= 0.3 is 5.97 Å². The van der Waals surface area contributed by atoms with E-state index in [1.54, 1.807) is 14.2 Å². The number of esters is 1. The molecule has 0 heterocycles. The highest BCUT2D eigenvalue weighted by Gasteiger charge is 2.07. The summed E-state index contributed by atoms with van der Waals surface area (Å²) >= 11 is 0. The molecule has 7 nitrogen and oxygen atoms in total. The first-order chi connectivity index (χ1) is 13.1. The van der Waals surface area contributed by atoms with Crippen LogP contribution in [-0.4, -0.2) is 45.8 Å². The molecule has 0 amide bonds. The van der Waals surface area contributed by atoms with E-state index in [0.29, 0.717) is 37.1 Å². The van der Waals surface area contributed by atoms with E-state index in [9.17, 15) is 4.79 Å². The van der Waals surface area contributed by atoms with E-state index in [-0.39, 0.29) is 5.97 Å². The third kappa shape index (κ3) is 9.17. The first kappa shape index (κ1) is 22.6. The third-order valence-corrected chi connectivity index (χ3v) is 3.86. The lowest BCUT2D eigenvalue weighted by Gasteiger charge is -2.14. The van der Waals surface area contributed by atoms with Gasteiger partial charge in [0.15, 0.2) is 17.5 Å². The summed E-state index contributed by atoms with van der Waals surface area (Å²) in [6.07, 6.45) is 4.46. The van der Waals surface area contributed by atoms with E-state index in [2.05, 4.69) is 15.6 Å². The molecule has 7 heteroatoms. The number of guanidine groups is 1. The number of carbonyl (C=O) groups is 1. The van der Waals surface area contributed by atoms with Crippen LogP contribution in [0.15, 0.2) is 23.2 Å². The molecule has 0 saturated carbocycles. The van der Waals surface area contributed by atoms with Gasteiger partial charge in [-0.2, -0.15) is 0 Å². The third-order valence-electron chi connectivity index (χ3n) is 3.86. The number of aliphatic imine (C=N–C) groups is 1. The van der Waals surface area contributed by atoms with E-state index in [1.807, 2.05) is 32.0 Å². The van der Waals surface area contributed by atoms with Gasteiger partial charge in [0.2, 0.25) is 0 Å². The maximum absolute atomic E-state index is 11.3. The van der Waals surface area contributed by atoms with Gasteiger partial charge in [-0.25, -0.2) is 0 Å². The normalized spacial score (nSPS) is 11.0. The SMILES string of the molecule is CCOC(=O)CCCCCCNC(=NC)Nc1ccc(OC)c(OCC)c1. The van der Waals surface area contributed by atoms with Gasteiger partial charge in [0.05, 0.1) is 20.3 Å². The molecular formula is C20H33N3O4. The van der Waals surface area contributed by atoms with Crippen LogP contribution in [0.4, 0.5) is 5.69 Å². The molecule has 0 aromatic heterocycles. The van der Waals surface area contributed by atoms with Crippen LogP contribution >= 0.6 is 0 Å². The van der Waals surface area contributed by atoms with Crippen molar-refractivity contribution in [1.82, 2.24) is 5.32 Å². The van der Waals surface area contributed by atoms with E-state index in [1.165, 1.54) is 0 Å². The van der Waals surface area contributed by atoms with Crippen LogP contribution in [0.5, 0.6) is 11.5 Å². The molecule has 1 aromatic rings. The molecule has 1 rings (SSSR count). The maximum Gasteiger partial charge on any atom is 0.305 e. The number of hydrogen-bond acceptors (Lipinski definition) is 5. The van der Waals surface area contributed by atoms with Gasteiger partial charge in [-0.1, -0.05) is 12.8 Å². The molecule has 0 aliphatic heterocycles. The summed E-state index contributed by atoms with van der Waals surface area (Å²) < 4.78 is 15.8. The summed E-state index contributed by atoms with van der Waals surface area (Å²) in [5.41, 5.74) is 0.877. The largest absolute Gasteiger partial charge is 0.493 e. The predicted octanol–water partition coefficient (Wildman–Crippen LogP) is 3.59. The van der Waals surface area contributed by atoms with Crippen molar-refractivity contribution in [3.63, 3.8) is 0 Å². The molecule has 0 atom stereocenters. The Morgan fingerprint density at radius 1 is 1.07 bits per heavy atom. The number of unbranched alkanes of at least 4 members (excludes halogenated alkanes) is 3. The Balaban J connectivity index is 2.32. The molecular weight excluding hydrogens is 346 g/mol. The highest BCUT2D eigenvalue weighted by molar-refractivity contribution is 5.93. The summed E-state index contributed by atoms with van der Waals surface area (Å²) in [6, 6.07) is 5.68. The molecule has 0 aliphatic carbocycles. The molecule has 0 bridgehead atoms. The second-order valence-corrected chi connectivity index (χ2v) is 5.89. The van der Waals surface area contributed by atoms with Crippen molar-refractivity contribution >= 4 is 17.6 Å². The Morgan fingerprint density at radius 3 is 2.52 bits per heavy atom. The molecule has 0 unspecified atom stereocenters. The number of anilines is 1. The molecule has 152 valence electrons. The van der Waals surface area contributed by atoms with Gasteiger partial charge < -0.3 is 24.8 Å². The zero-order chi connectivity index (χ0) is 19.9. The van der Waals surface area contributed by atoms with Gasteiger partial charge in [-0.05, 0) is 38.8 Å². The van der Waals surface area contributed by atoms with Crippen molar-refractivity contribution in [1.29, 1.82) is 0 Å². The zero-order valence-corrected chi connectivity index (χ0v) is 17.0. The van der Waals surface area contributed by atoms with E-state index >= 15 is 0 Å². The Hall–Kier alpha value is -2.44. The zero-order valence-electron chi connectivity index (χ0n) is 17.0. The highest BCUT2D eigenvalue weighted by Crippen LogP contribution is 2.30. The second kappa shape index (κ2) is 13.7. The van der Waals surface area contributed by atoms with Crippen LogP contribution in [0, 0.1) is 0 Å². The highest BCUT2D eigenvalue weighted by atomic mass is 16.5. The maximum atomic E-state index is 11.3. The molecule has 27 heavy (non-hydrogen) atoms. The summed E-state index contributed by atoms with van der Waals surface area (Å²) in [4.78, 5) is 15.5. The average Bonchev–Trinajstić information content (AvgIpc) is 2.67. The fraction of sp³-hybridized carbons (Fsp3) is 0.600. The number of nitrogens with zero attached hydrogens (tertiary/aromatic N) is 1. The fourth-order valence-corrected chi connectivity index (χ4v) is 2.53. The number of carbonyl (C=O) groups excluding carboxylic acids is 1. The summed E-state index contributed by atoms with van der Waals surface area (Å²) in [7, 11) is 3.36. The lowest BCUT2D eigenvalue weighted by Crippen LogP contribution is -2.31. The number of rotatable bonds is 12. The molecule has 1 aromatic carbocycles. The van der Waals surface area contributed by atoms with Gasteiger partial charge in [-0.3, -0.25) is 9.79 Å². The van der Waals surface area contributed by atoms with Gasteiger partial charge in [-0.15, -0.1) is 0 Å². The minimum Gasteiger partial charge on any atom is -0.493 e. The number of benzene rings is 1. The number of hydrogen-bond donors (Lipinski definition) is 2. The number of ether oxygens (including phenoxy) is 3. The van der Waals surface area contributed by atoms with Gasteiger partial charge in [0.1, 0.15) is 0 Å². The predicted molar refractivity (Wildman–Crippen MR) is 109 cm³/mol. The Bertz CT molecular complexity index is 591. The monoisotopic (exact) mass is 379 g/mol. The Morgan fingerprint density at radius 2 is 1.85 bits per heavy atom. The summed E-state index contributed by atoms with van der Waals surface area (Å²) in [6.45, 7) is 5.60. The molecule has 0 spiro atoms. The Kier molecular flexibility index (Phi) is 11.5. The molecule has 0 saturated heterocycles. The summed E-state index contributed by atoms with van der Waals surface area (Å²) in [5, 5.41) is 6.55. The lowest BCUT2D eigenvalue weighted by molar-refractivity contribution is -0.143. The Labute approximate surface area is 162 Å². The van der Waals surface area contributed by atoms with Gasteiger partial charge in [0, 0.05) is 31.8 Å². The first-order valence-electron chi connectivity index (χ1n) is 9.58. The van der Waals surface area contributed by atoms with Crippen molar-refractivity contribution in [2.24, 2.45) is 4.99 Å². The molecule has 0 fully saturated rings. The molecule has 2 N–H and O–H groups in total. The van der Waals surface area contributed by atoms with Crippen LogP contribution < -0.4 is 20.1 Å². The van der Waals surface area contributed by atoms with Crippen molar-refractivity contribution in [3.8, 4) is 11.5 Å². The van der Waals surface area contributed by atoms with Gasteiger partial charge in [0.25, 0.3) is 0 Å². The quantitative estimate of drug-likeness (QED) is 0.250.